The zero-order valence-corrected chi connectivity index (χ0v) is 8.88. The molecule has 0 aliphatic rings. The molecule has 0 fully saturated rings. The SMILES string of the molecule is COC(=O)C(O)c1cccc(SC)c1. The van der Waals surface area contributed by atoms with Crippen LogP contribution in [-0.2, 0) is 9.53 Å². The summed E-state index contributed by atoms with van der Waals surface area (Å²) in [7, 11) is 1.25. The maximum Gasteiger partial charge on any atom is 0.339 e. The molecule has 0 aliphatic heterocycles. The fourth-order valence-electron chi connectivity index (χ4n) is 1.06. The van der Waals surface area contributed by atoms with Crippen LogP contribution in [-0.4, -0.2) is 24.4 Å². The summed E-state index contributed by atoms with van der Waals surface area (Å²) >= 11 is 1.56. The number of carbonyl (C=O) groups excluding carboxylic acids is 1. The number of esters is 1. The number of hydrogen-bond donors (Lipinski definition) is 1. The summed E-state index contributed by atoms with van der Waals surface area (Å²) in [5.41, 5.74) is 0.559. The van der Waals surface area contributed by atoms with Gasteiger partial charge in [-0.3, -0.25) is 0 Å². The summed E-state index contributed by atoms with van der Waals surface area (Å²) in [4.78, 5) is 12.0. The number of thioether (sulfide) groups is 1. The van der Waals surface area contributed by atoms with Crippen molar-refractivity contribution in [2.24, 2.45) is 0 Å². The van der Waals surface area contributed by atoms with Crippen LogP contribution in [0.3, 0.4) is 0 Å². The number of ether oxygens (including phenoxy) is 1. The molecule has 3 nitrogen and oxygen atoms in total. The topological polar surface area (TPSA) is 46.5 Å². The van der Waals surface area contributed by atoms with Crippen molar-refractivity contribution in [3.63, 3.8) is 0 Å². The van der Waals surface area contributed by atoms with Crippen molar-refractivity contribution in [3.8, 4) is 0 Å². The number of aliphatic hydroxyl groups is 1. The number of hydrogen-bond acceptors (Lipinski definition) is 4. The van der Waals surface area contributed by atoms with Gasteiger partial charge in [-0.15, -0.1) is 11.8 Å². The Labute approximate surface area is 87.1 Å². The van der Waals surface area contributed by atoms with E-state index in [1.54, 1.807) is 30.0 Å². The van der Waals surface area contributed by atoms with E-state index in [-0.39, 0.29) is 0 Å². The lowest BCUT2D eigenvalue weighted by Crippen LogP contribution is -2.13. The monoisotopic (exact) mass is 212 g/mol. The van der Waals surface area contributed by atoms with Crippen LogP contribution in [0.15, 0.2) is 29.2 Å². The van der Waals surface area contributed by atoms with Gasteiger partial charge in [-0.25, -0.2) is 4.79 Å². The molecule has 1 aromatic rings. The van der Waals surface area contributed by atoms with E-state index < -0.39 is 12.1 Å². The van der Waals surface area contributed by atoms with Crippen LogP contribution in [0.25, 0.3) is 0 Å². The number of aliphatic hydroxyl groups excluding tert-OH is 1. The Kier molecular flexibility index (Phi) is 3.98. The van der Waals surface area contributed by atoms with E-state index in [2.05, 4.69) is 4.74 Å². The van der Waals surface area contributed by atoms with Crippen LogP contribution in [0.2, 0.25) is 0 Å². The highest BCUT2D eigenvalue weighted by Gasteiger charge is 2.17. The number of benzene rings is 1. The molecule has 1 rings (SSSR count). The largest absolute Gasteiger partial charge is 0.467 e. The normalized spacial score (nSPS) is 12.2. The minimum absolute atomic E-state index is 0.559. The molecule has 0 radical (unpaired) electrons. The van der Waals surface area contributed by atoms with Gasteiger partial charge in [0.05, 0.1) is 7.11 Å². The zero-order chi connectivity index (χ0) is 10.6. The molecule has 0 bridgehead atoms. The Hall–Kier alpha value is -1.00. The molecular weight excluding hydrogens is 200 g/mol. The molecule has 0 saturated carbocycles. The average Bonchev–Trinajstić information content (AvgIpc) is 2.27. The molecule has 1 N–H and O–H groups in total. The predicted octanol–water partition coefficient (Wildman–Crippen LogP) is 1.61. The maximum absolute atomic E-state index is 11.0. The molecule has 1 unspecified atom stereocenters. The van der Waals surface area contributed by atoms with Crippen molar-refractivity contribution in [1.82, 2.24) is 0 Å². The van der Waals surface area contributed by atoms with E-state index in [0.717, 1.165) is 4.90 Å². The third-order valence-corrected chi connectivity index (χ3v) is 2.56. The van der Waals surface area contributed by atoms with Crippen molar-refractivity contribution < 1.29 is 14.6 Å². The van der Waals surface area contributed by atoms with Gasteiger partial charge in [-0.1, -0.05) is 12.1 Å². The number of rotatable bonds is 3. The fourth-order valence-corrected chi connectivity index (χ4v) is 1.53. The van der Waals surface area contributed by atoms with Crippen LogP contribution in [0.4, 0.5) is 0 Å². The van der Waals surface area contributed by atoms with Gasteiger partial charge in [0.1, 0.15) is 0 Å². The minimum atomic E-state index is -1.19. The fraction of sp³-hybridized carbons (Fsp3) is 0.300. The van der Waals surface area contributed by atoms with E-state index in [0.29, 0.717) is 5.56 Å². The third kappa shape index (κ3) is 2.49. The van der Waals surface area contributed by atoms with Crippen molar-refractivity contribution in [3.05, 3.63) is 29.8 Å². The highest BCUT2D eigenvalue weighted by atomic mass is 32.2. The van der Waals surface area contributed by atoms with Gasteiger partial charge in [-0.05, 0) is 24.0 Å². The Morgan fingerprint density at radius 1 is 1.57 bits per heavy atom. The lowest BCUT2D eigenvalue weighted by atomic mass is 10.1. The lowest BCUT2D eigenvalue weighted by Gasteiger charge is -2.09. The highest BCUT2D eigenvalue weighted by molar-refractivity contribution is 7.98. The molecule has 14 heavy (non-hydrogen) atoms. The molecule has 0 aliphatic carbocycles. The van der Waals surface area contributed by atoms with E-state index in [9.17, 15) is 9.90 Å². The molecular formula is C10H12O3S. The second-order valence-electron chi connectivity index (χ2n) is 2.70. The van der Waals surface area contributed by atoms with Crippen LogP contribution in [0.1, 0.15) is 11.7 Å². The Morgan fingerprint density at radius 3 is 2.86 bits per heavy atom. The lowest BCUT2D eigenvalue weighted by molar-refractivity contribution is -0.150. The zero-order valence-electron chi connectivity index (χ0n) is 8.06. The minimum Gasteiger partial charge on any atom is -0.467 e. The molecule has 0 amide bonds. The van der Waals surface area contributed by atoms with Crippen molar-refractivity contribution in [1.29, 1.82) is 0 Å². The first-order chi connectivity index (χ1) is 6.69. The van der Waals surface area contributed by atoms with Crippen LogP contribution < -0.4 is 0 Å². The number of carbonyl (C=O) groups is 1. The first kappa shape index (κ1) is 11.1. The van der Waals surface area contributed by atoms with Gasteiger partial charge < -0.3 is 9.84 Å². The molecule has 1 atom stereocenters. The summed E-state index contributed by atoms with van der Waals surface area (Å²) in [6.07, 6.45) is 0.746. The summed E-state index contributed by atoms with van der Waals surface area (Å²) in [6.45, 7) is 0. The quantitative estimate of drug-likeness (QED) is 0.611. The highest BCUT2D eigenvalue weighted by Crippen LogP contribution is 2.20. The van der Waals surface area contributed by atoms with Gasteiger partial charge in [0, 0.05) is 4.90 Å². The Morgan fingerprint density at radius 2 is 2.29 bits per heavy atom. The Bertz CT molecular complexity index is 325. The van der Waals surface area contributed by atoms with Crippen molar-refractivity contribution in [2.45, 2.75) is 11.0 Å². The molecule has 4 heteroatoms. The van der Waals surface area contributed by atoms with Crippen LogP contribution in [0.5, 0.6) is 0 Å². The number of methoxy groups -OCH3 is 1. The average molecular weight is 212 g/mol. The first-order valence-electron chi connectivity index (χ1n) is 4.09. The molecule has 76 valence electrons. The second-order valence-corrected chi connectivity index (χ2v) is 3.58. The summed E-state index contributed by atoms with van der Waals surface area (Å²) in [5.74, 6) is -0.636. The van der Waals surface area contributed by atoms with Crippen molar-refractivity contribution >= 4 is 17.7 Å². The van der Waals surface area contributed by atoms with Gasteiger partial charge in [-0.2, -0.15) is 0 Å². The van der Waals surface area contributed by atoms with Gasteiger partial charge in [0.2, 0.25) is 0 Å². The molecule has 0 saturated heterocycles. The second kappa shape index (κ2) is 5.02. The van der Waals surface area contributed by atoms with E-state index in [4.69, 9.17) is 0 Å². The summed E-state index contributed by atoms with van der Waals surface area (Å²) < 4.78 is 4.44. The first-order valence-corrected chi connectivity index (χ1v) is 5.31. The van der Waals surface area contributed by atoms with Gasteiger partial charge in [0.15, 0.2) is 6.10 Å². The maximum atomic E-state index is 11.0. The summed E-state index contributed by atoms with van der Waals surface area (Å²) in [6, 6.07) is 7.18. The summed E-state index contributed by atoms with van der Waals surface area (Å²) in [5, 5.41) is 9.53. The standard InChI is InChI=1S/C10H12O3S/c1-13-10(12)9(11)7-4-3-5-8(6-7)14-2/h3-6,9,11H,1-2H3. The predicted molar refractivity (Wildman–Crippen MR) is 55.2 cm³/mol. The van der Waals surface area contributed by atoms with Crippen molar-refractivity contribution in [2.75, 3.05) is 13.4 Å². The van der Waals surface area contributed by atoms with Gasteiger partial charge in [0.25, 0.3) is 0 Å². The third-order valence-electron chi connectivity index (χ3n) is 1.83. The molecule has 0 aromatic heterocycles. The molecule has 1 aromatic carbocycles. The Balaban J connectivity index is 2.89. The molecule has 0 heterocycles. The van der Waals surface area contributed by atoms with Crippen LogP contribution in [0, 0.1) is 0 Å². The van der Waals surface area contributed by atoms with E-state index >= 15 is 0 Å². The van der Waals surface area contributed by atoms with Crippen LogP contribution >= 0.6 is 11.8 Å². The van der Waals surface area contributed by atoms with Gasteiger partial charge >= 0.3 is 5.97 Å². The van der Waals surface area contributed by atoms with E-state index in [1.165, 1.54) is 7.11 Å². The molecule has 0 spiro atoms. The smallest absolute Gasteiger partial charge is 0.339 e. The van der Waals surface area contributed by atoms with E-state index in [1.807, 2.05) is 12.3 Å².